The van der Waals surface area contributed by atoms with Gasteiger partial charge in [-0.2, -0.15) is 5.10 Å². The number of hydrogen-bond donors (Lipinski definition) is 1. The van der Waals surface area contributed by atoms with Gasteiger partial charge in [0.15, 0.2) is 0 Å². The quantitative estimate of drug-likeness (QED) is 0.932. The predicted octanol–water partition coefficient (Wildman–Crippen LogP) is 3.90. The number of halogens is 1. The van der Waals surface area contributed by atoms with Gasteiger partial charge in [0.05, 0.1) is 5.69 Å². The number of nitrogens with zero attached hydrogens (tertiary/aromatic N) is 2. The largest absolute Gasteiger partial charge is 0.383 e. The summed E-state index contributed by atoms with van der Waals surface area (Å²) >= 11 is 6.34. The Morgan fingerprint density at radius 2 is 1.90 bits per heavy atom. The van der Waals surface area contributed by atoms with Gasteiger partial charge in [-0.1, -0.05) is 43.6 Å². The van der Waals surface area contributed by atoms with Crippen LogP contribution in [0.2, 0.25) is 5.15 Å². The number of rotatable bonds is 3. The fourth-order valence-corrected chi connectivity index (χ4v) is 2.68. The number of aryl methyl sites for hydroxylation is 2. The lowest BCUT2D eigenvalue weighted by Gasteiger charge is -2.17. The molecular weight excluding hydrogens is 272 g/mol. The molecule has 1 N–H and O–H groups in total. The van der Waals surface area contributed by atoms with Gasteiger partial charge >= 0.3 is 0 Å². The number of aliphatic hydroxyl groups excluding tert-OH is 1. The highest BCUT2D eigenvalue weighted by atomic mass is 35.5. The van der Waals surface area contributed by atoms with Crippen LogP contribution >= 0.6 is 11.6 Å². The summed E-state index contributed by atoms with van der Waals surface area (Å²) in [5.41, 5.74) is 4.72. The number of aromatic nitrogens is 2. The van der Waals surface area contributed by atoms with Gasteiger partial charge in [0.2, 0.25) is 0 Å². The fraction of sp³-hybridized carbons (Fsp3) is 0.438. The summed E-state index contributed by atoms with van der Waals surface area (Å²) in [4.78, 5) is 0. The maximum Gasteiger partial charge on any atom is 0.133 e. The Morgan fingerprint density at radius 3 is 2.50 bits per heavy atom. The highest BCUT2D eigenvalue weighted by Crippen LogP contribution is 2.35. The zero-order valence-electron chi connectivity index (χ0n) is 12.6. The molecule has 0 bridgehead atoms. The molecule has 1 aromatic carbocycles. The van der Waals surface area contributed by atoms with Crippen molar-refractivity contribution in [2.75, 3.05) is 0 Å². The van der Waals surface area contributed by atoms with Crippen molar-refractivity contribution >= 4 is 11.6 Å². The third-order valence-corrected chi connectivity index (χ3v) is 4.25. The zero-order valence-corrected chi connectivity index (χ0v) is 13.4. The molecule has 1 aromatic heterocycles. The van der Waals surface area contributed by atoms with E-state index < -0.39 is 6.10 Å². The minimum Gasteiger partial charge on any atom is -0.383 e. The molecule has 2 aromatic rings. The Balaban J connectivity index is 2.59. The van der Waals surface area contributed by atoms with E-state index in [-0.39, 0.29) is 5.92 Å². The second-order valence-corrected chi connectivity index (χ2v) is 5.92. The first-order valence-electron chi connectivity index (χ1n) is 6.81. The minimum atomic E-state index is -0.742. The van der Waals surface area contributed by atoms with Crippen LogP contribution in [0.3, 0.4) is 0 Å². The van der Waals surface area contributed by atoms with Crippen molar-refractivity contribution in [2.24, 2.45) is 7.05 Å². The van der Waals surface area contributed by atoms with Crippen molar-refractivity contribution in [3.8, 4) is 0 Å². The number of aliphatic hydroxyl groups is 1. The summed E-state index contributed by atoms with van der Waals surface area (Å²) in [6, 6.07) is 5.94. The van der Waals surface area contributed by atoms with Crippen molar-refractivity contribution in [2.45, 2.75) is 39.7 Å². The van der Waals surface area contributed by atoms with E-state index in [1.165, 1.54) is 0 Å². The summed E-state index contributed by atoms with van der Waals surface area (Å²) in [5, 5.41) is 15.7. The summed E-state index contributed by atoms with van der Waals surface area (Å²) in [7, 11) is 1.80. The average Bonchev–Trinajstić information content (AvgIpc) is 2.69. The molecule has 4 heteroatoms. The molecule has 2 rings (SSSR count). The zero-order chi connectivity index (χ0) is 15.0. The van der Waals surface area contributed by atoms with E-state index in [0.29, 0.717) is 5.15 Å². The van der Waals surface area contributed by atoms with Crippen LogP contribution in [0.5, 0.6) is 0 Å². The lowest BCUT2D eigenvalue weighted by molar-refractivity contribution is 0.218. The topological polar surface area (TPSA) is 38.1 Å². The predicted molar refractivity (Wildman–Crippen MR) is 82.3 cm³/mol. The average molecular weight is 293 g/mol. The molecule has 0 saturated carbocycles. The summed E-state index contributed by atoms with van der Waals surface area (Å²) < 4.78 is 1.63. The van der Waals surface area contributed by atoms with Gasteiger partial charge in [-0.25, -0.2) is 0 Å². The molecule has 20 heavy (non-hydrogen) atoms. The molecule has 0 aliphatic heterocycles. The van der Waals surface area contributed by atoms with Gasteiger partial charge in [0.25, 0.3) is 0 Å². The summed E-state index contributed by atoms with van der Waals surface area (Å²) in [6.07, 6.45) is -0.742. The molecule has 3 nitrogen and oxygen atoms in total. The normalized spacial score (nSPS) is 13.0. The van der Waals surface area contributed by atoms with Gasteiger partial charge in [0.1, 0.15) is 11.3 Å². The molecule has 0 aliphatic carbocycles. The Hall–Kier alpha value is -1.32. The Kier molecular flexibility index (Phi) is 4.21. The third kappa shape index (κ3) is 2.48. The van der Waals surface area contributed by atoms with Gasteiger partial charge < -0.3 is 5.11 Å². The van der Waals surface area contributed by atoms with Gasteiger partial charge in [0, 0.05) is 12.6 Å². The van der Waals surface area contributed by atoms with Crippen molar-refractivity contribution < 1.29 is 5.11 Å². The first kappa shape index (κ1) is 15.1. The summed E-state index contributed by atoms with van der Waals surface area (Å²) in [6.45, 7) is 8.17. The summed E-state index contributed by atoms with van der Waals surface area (Å²) in [5.74, 6) is 0.212. The molecule has 0 amide bonds. The van der Waals surface area contributed by atoms with E-state index >= 15 is 0 Å². The maximum atomic E-state index is 10.8. The molecule has 1 heterocycles. The Morgan fingerprint density at radius 1 is 1.25 bits per heavy atom. The van der Waals surface area contributed by atoms with Crippen LogP contribution in [-0.4, -0.2) is 14.9 Å². The molecule has 0 saturated heterocycles. The van der Waals surface area contributed by atoms with Crippen LogP contribution in [0.4, 0.5) is 0 Å². The van der Waals surface area contributed by atoms with Crippen molar-refractivity contribution in [1.29, 1.82) is 0 Å². The second kappa shape index (κ2) is 5.58. The number of benzene rings is 1. The van der Waals surface area contributed by atoms with Crippen LogP contribution in [0, 0.1) is 13.8 Å². The van der Waals surface area contributed by atoms with E-state index in [9.17, 15) is 5.11 Å². The first-order valence-corrected chi connectivity index (χ1v) is 7.18. The lowest BCUT2D eigenvalue weighted by atomic mass is 9.93. The van der Waals surface area contributed by atoms with E-state index in [0.717, 1.165) is 27.9 Å². The first-order chi connectivity index (χ1) is 9.34. The Labute approximate surface area is 125 Å². The fourth-order valence-electron chi connectivity index (χ4n) is 2.44. The van der Waals surface area contributed by atoms with Crippen LogP contribution < -0.4 is 0 Å². The standard InChI is InChI=1S/C16H21ClN2O/c1-9(2)14-13(16(17)19(5)18-14)15(20)12-8-6-7-10(3)11(12)4/h6-9,15,20H,1-5H3. The highest BCUT2D eigenvalue weighted by Gasteiger charge is 2.25. The molecular formula is C16H21ClN2O. The minimum absolute atomic E-state index is 0.212. The molecule has 0 aliphatic rings. The molecule has 0 spiro atoms. The number of hydrogen-bond acceptors (Lipinski definition) is 2. The van der Waals surface area contributed by atoms with Crippen molar-refractivity contribution in [1.82, 2.24) is 9.78 Å². The lowest BCUT2D eigenvalue weighted by Crippen LogP contribution is -2.06. The van der Waals surface area contributed by atoms with E-state index in [2.05, 4.69) is 18.9 Å². The molecule has 1 atom stereocenters. The third-order valence-electron chi connectivity index (χ3n) is 3.80. The van der Waals surface area contributed by atoms with Gasteiger partial charge in [-0.15, -0.1) is 0 Å². The van der Waals surface area contributed by atoms with E-state index in [4.69, 9.17) is 11.6 Å². The van der Waals surface area contributed by atoms with Crippen LogP contribution in [0.25, 0.3) is 0 Å². The van der Waals surface area contributed by atoms with Crippen molar-refractivity contribution in [3.05, 3.63) is 51.3 Å². The van der Waals surface area contributed by atoms with Gasteiger partial charge in [-0.3, -0.25) is 4.68 Å². The van der Waals surface area contributed by atoms with Crippen LogP contribution in [0.15, 0.2) is 18.2 Å². The van der Waals surface area contributed by atoms with Crippen molar-refractivity contribution in [3.63, 3.8) is 0 Å². The highest BCUT2D eigenvalue weighted by molar-refractivity contribution is 6.30. The molecule has 1 unspecified atom stereocenters. The van der Waals surface area contributed by atoms with E-state index in [1.54, 1.807) is 11.7 Å². The SMILES string of the molecule is Cc1cccc(C(O)c2c(C(C)C)nn(C)c2Cl)c1C. The maximum absolute atomic E-state index is 10.8. The Bertz CT molecular complexity index is 632. The molecule has 0 fully saturated rings. The molecule has 0 radical (unpaired) electrons. The monoisotopic (exact) mass is 292 g/mol. The van der Waals surface area contributed by atoms with Crippen LogP contribution in [0.1, 0.15) is 53.8 Å². The van der Waals surface area contributed by atoms with E-state index in [1.807, 2.05) is 32.0 Å². The van der Waals surface area contributed by atoms with Crippen LogP contribution in [-0.2, 0) is 7.05 Å². The smallest absolute Gasteiger partial charge is 0.133 e. The van der Waals surface area contributed by atoms with Gasteiger partial charge in [-0.05, 0) is 36.5 Å². The second-order valence-electron chi connectivity index (χ2n) is 5.56. The molecule has 108 valence electrons.